The van der Waals surface area contributed by atoms with Gasteiger partial charge in [-0.2, -0.15) is 0 Å². The van der Waals surface area contributed by atoms with Crippen molar-refractivity contribution in [3.05, 3.63) is 34.9 Å². The Bertz CT molecular complexity index is 634. The normalized spacial score (nSPS) is 24.9. The molecule has 130 valence electrons. The predicted molar refractivity (Wildman–Crippen MR) is 93.6 cm³/mol. The molecule has 2 fully saturated rings. The summed E-state index contributed by atoms with van der Waals surface area (Å²) in [5.41, 5.74) is 1.05. The number of nitrogens with one attached hydrogen (secondary N) is 1. The number of amides is 2. The van der Waals surface area contributed by atoms with Crippen molar-refractivity contribution in [2.45, 2.75) is 38.9 Å². The van der Waals surface area contributed by atoms with E-state index >= 15 is 0 Å². The minimum atomic E-state index is -0.392. The predicted octanol–water partition coefficient (Wildman–Crippen LogP) is 1.90. The molecule has 1 N–H and O–H groups in total. The highest BCUT2D eigenvalue weighted by Crippen LogP contribution is 2.22. The van der Waals surface area contributed by atoms with Gasteiger partial charge in [0.05, 0.1) is 0 Å². The van der Waals surface area contributed by atoms with Crippen LogP contribution in [0.25, 0.3) is 0 Å². The molecule has 0 saturated carbocycles. The number of carbonyl (C=O) groups is 2. The highest BCUT2D eigenvalue weighted by molar-refractivity contribution is 6.31. The number of hydrogen-bond donors (Lipinski definition) is 1. The molecule has 2 aliphatic heterocycles. The summed E-state index contributed by atoms with van der Waals surface area (Å²) >= 11 is 6.23. The van der Waals surface area contributed by atoms with Crippen molar-refractivity contribution in [2.75, 3.05) is 19.6 Å². The van der Waals surface area contributed by atoms with E-state index in [1.807, 2.05) is 24.3 Å². The monoisotopic (exact) mass is 349 g/mol. The summed E-state index contributed by atoms with van der Waals surface area (Å²) in [6.07, 6.45) is 0.692. The Morgan fingerprint density at radius 1 is 1.25 bits per heavy atom. The molecule has 0 unspecified atom stereocenters. The van der Waals surface area contributed by atoms with Crippen LogP contribution in [0.3, 0.4) is 0 Å². The van der Waals surface area contributed by atoms with Crippen molar-refractivity contribution in [1.29, 1.82) is 0 Å². The number of benzene rings is 1. The Labute approximate surface area is 147 Å². The van der Waals surface area contributed by atoms with Crippen molar-refractivity contribution in [3.63, 3.8) is 0 Å². The van der Waals surface area contributed by atoms with E-state index in [-0.39, 0.29) is 17.9 Å². The first-order chi connectivity index (χ1) is 11.5. The molecular weight excluding hydrogens is 326 g/mol. The largest absolute Gasteiger partial charge is 0.342 e. The number of hydrogen-bond acceptors (Lipinski definition) is 3. The zero-order valence-corrected chi connectivity index (χ0v) is 14.9. The van der Waals surface area contributed by atoms with E-state index in [0.717, 1.165) is 17.1 Å². The summed E-state index contributed by atoms with van der Waals surface area (Å²) in [5.74, 6) is 0.395. The third kappa shape index (κ3) is 3.57. The molecule has 0 aliphatic carbocycles. The molecule has 2 saturated heterocycles. The van der Waals surface area contributed by atoms with E-state index in [1.54, 1.807) is 4.90 Å². The molecule has 1 aromatic rings. The molecule has 2 heterocycles. The SMILES string of the molecule is CC(C)C[C@@H]1NC(=O)[C@H]2CN(Cc3ccccc3Cl)CCN2C1=O. The zero-order chi connectivity index (χ0) is 17.3. The van der Waals surface area contributed by atoms with Crippen molar-refractivity contribution in [1.82, 2.24) is 15.1 Å². The minimum absolute atomic E-state index is 0.0379. The van der Waals surface area contributed by atoms with Gasteiger partial charge >= 0.3 is 0 Å². The Morgan fingerprint density at radius 2 is 2.00 bits per heavy atom. The topological polar surface area (TPSA) is 52.7 Å². The number of piperazine rings is 2. The molecule has 0 spiro atoms. The smallest absolute Gasteiger partial charge is 0.245 e. The van der Waals surface area contributed by atoms with Gasteiger partial charge in [-0.15, -0.1) is 0 Å². The average molecular weight is 350 g/mol. The summed E-state index contributed by atoms with van der Waals surface area (Å²) in [6.45, 7) is 6.73. The van der Waals surface area contributed by atoms with Gasteiger partial charge in [0.1, 0.15) is 12.1 Å². The van der Waals surface area contributed by atoms with Crippen LogP contribution in [-0.2, 0) is 16.1 Å². The van der Waals surface area contributed by atoms with Gasteiger partial charge in [0, 0.05) is 31.2 Å². The lowest BCUT2D eigenvalue weighted by Gasteiger charge is -2.45. The van der Waals surface area contributed by atoms with Gasteiger partial charge in [-0.25, -0.2) is 0 Å². The van der Waals surface area contributed by atoms with Crippen LogP contribution in [0.1, 0.15) is 25.8 Å². The number of halogens is 1. The van der Waals surface area contributed by atoms with E-state index in [0.29, 0.717) is 32.0 Å². The second-order valence-electron chi connectivity index (χ2n) is 7.06. The van der Waals surface area contributed by atoms with Crippen molar-refractivity contribution in [2.24, 2.45) is 5.92 Å². The lowest BCUT2D eigenvalue weighted by molar-refractivity contribution is -0.153. The van der Waals surface area contributed by atoms with Crippen LogP contribution in [0.15, 0.2) is 24.3 Å². The van der Waals surface area contributed by atoms with Gasteiger partial charge in [-0.1, -0.05) is 43.6 Å². The average Bonchev–Trinajstić information content (AvgIpc) is 2.54. The van der Waals surface area contributed by atoms with Gasteiger partial charge in [0.15, 0.2) is 0 Å². The fourth-order valence-electron chi connectivity index (χ4n) is 3.50. The number of rotatable bonds is 4. The van der Waals surface area contributed by atoms with Crippen molar-refractivity contribution >= 4 is 23.4 Å². The highest BCUT2D eigenvalue weighted by Gasteiger charge is 2.43. The first kappa shape index (κ1) is 17.2. The number of carbonyl (C=O) groups excluding carboxylic acids is 2. The minimum Gasteiger partial charge on any atom is -0.342 e. The maximum atomic E-state index is 12.6. The highest BCUT2D eigenvalue weighted by atomic mass is 35.5. The molecule has 3 rings (SSSR count). The molecule has 5 nitrogen and oxygen atoms in total. The summed E-state index contributed by atoms with van der Waals surface area (Å²) in [6, 6.07) is 6.98. The standard InChI is InChI=1S/C18H24ClN3O2/c1-12(2)9-15-18(24)22-8-7-21(11-16(22)17(23)20-15)10-13-5-3-4-6-14(13)19/h3-6,12,15-16H,7-11H2,1-2H3,(H,20,23)/t15-,16+/m0/s1. The zero-order valence-electron chi connectivity index (χ0n) is 14.2. The third-order valence-electron chi connectivity index (χ3n) is 4.72. The Kier molecular flexibility index (Phi) is 5.11. The van der Waals surface area contributed by atoms with Gasteiger partial charge < -0.3 is 10.2 Å². The lowest BCUT2D eigenvalue weighted by Crippen LogP contribution is -2.69. The first-order valence-corrected chi connectivity index (χ1v) is 8.90. The molecule has 2 aliphatic rings. The molecular formula is C18H24ClN3O2. The van der Waals surface area contributed by atoms with Crippen LogP contribution in [-0.4, -0.2) is 53.3 Å². The quantitative estimate of drug-likeness (QED) is 0.903. The summed E-state index contributed by atoms with van der Waals surface area (Å²) < 4.78 is 0. The van der Waals surface area contributed by atoms with E-state index in [9.17, 15) is 9.59 Å². The third-order valence-corrected chi connectivity index (χ3v) is 5.09. The summed E-state index contributed by atoms with van der Waals surface area (Å²) in [7, 11) is 0. The van der Waals surface area contributed by atoms with E-state index in [1.165, 1.54) is 0 Å². The second kappa shape index (κ2) is 7.11. The van der Waals surface area contributed by atoms with E-state index in [2.05, 4.69) is 24.1 Å². The number of nitrogens with zero attached hydrogens (tertiary/aromatic N) is 2. The van der Waals surface area contributed by atoms with Crippen LogP contribution in [0.5, 0.6) is 0 Å². The fourth-order valence-corrected chi connectivity index (χ4v) is 3.70. The Hall–Kier alpha value is -1.59. The van der Waals surface area contributed by atoms with Gasteiger partial charge in [-0.05, 0) is 24.0 Å². The summed E-state index contributed by atoms with van der Waals surface area (Å²) in [4.78, 5) is 29.1. The van der Waals surface area contributed by atoms with Crippen LogP contribution in [0.2, 0.25) is 5.02 Å². The second-order valence-corrected chi connectivity index (χ2v) is 7.47. The molecule has 24 heavy (non-hydrogen) atoms. The molecule has 0 aromatic heterocycles. The van der Waals surface area contributed by atoms with Crippen LogP contribution < -0.4 is 5.32 Å². The maximum absolute atomic E-state index is 12.6. The molecule has 2 atom stereocenters. The van der Waals surface area contributed by atoms with E-state index in [4.69, 9.17) is 11.6 Å². The fraction of sp³-hybridized carbons (Fsp3) is 0.556. The van der Waals surface area contributed by atoms with Crippen LogP contribution >= 0.6 is 11.6 Å². The van der Waals surface area contributed by atoms with E-state index < -0.39 is 6.04 Å². The van der Waals surface area contributed by atoms with Gasteiger partial charge in [0.25, 0.3) is 0 Å². The number of fused-ring (bicyclic) bond motifs is 1. The summed E-state index contributed by atoms with van der Waals surface area (Å²) in [5, 5.41) is 3.65. The molecule has 0 radical (unpaired) electrons. The molecule has 1 aromatic carbocycles. The van der Waals surface area contributed by atoms with Crippen LogP contribution in [0, 0.1) is 5.92 Å². The van der Waals surface area contributed by atoms with Gasteiger partial charge in [0.2, 0.25) is 11.8 Å². The van der Waals surface area contributed by atoms with Crippen molar-refractivity contribution < 1.29 is 9.59 Å². The molecule has 0 bridgehead atoms. The van der Waals surface area contributed by atoms with Gasteiger partial charge in [-0.3, -0.25) is 14.5 Å². The molecule has 2 amide bonds. The lowest BCUT2D eigenvalue weighted by atomic mass is 9.97. The Morgan fingerprint density at radius 3 is 2.71 bits per heavy atom. The Balaban J connectivity index is 1.67. The van der Waals surface area contributed by atoms with Crippen LogP contribution in [0.4, 0.5) is 0 Å². The maximum Gasteiger partial charge on any atom is 0.245 e. The molecule has 6 heteroatoms. The first-order valence-electron chi connectivity index (χ1n) is 8.52. The van der Waals surface area contributed by atoms with Crippen molar-refractivity contribution in [3.8, 4) is 0 Å².